The second kappa shape index (κ2) is 3.40. The van der Waals surface area contributed by atoms with Crippen molar-refractivity contribution in [1.29, 1.82) is 0 Å². The highest BCUT2D eigenvalue weighted by atomic mass is 16.6. The van der Waals surface area contributed by atoms with Crippen molar-refractivity contribution < 1.29 is 19.7 Å². The SMILES string of the molecule is CC[C@@]1(C)OC(=O)N(CCO)[C@@]1(C)O. The number of nitrogens with zero attached hydrogens (tertiary/aromatic N) is 1. The quantitative estimate of drug-likeness (QED) is 0.692. The summed E-state index contributed by atoms with van der Waals surface area (Å²) in [7, 11) is 0. The van der Waals surface area contributed by atoms with Gasteiger partial charge in [-0.15, -0.1) is 0 Å². The molecule has 0 spiro atoms. The fourth-order valence-electron chi connectivity index (χ4n) is 1.62. The molecule has 0 aromatic heterocycles. The van der Waals surface area contributed by atoms with Gasteiger partial charge in [0.15, 0.2) is 11.3 Å². The van der Waals surface area contributed by atoms with E-state index in [9.17, 15) is 9.90 Å². The van der Waals surface area contributed by atoms with E-state index in [0.717, 1.165) is 4.90 Å². The van der Waals surface area contributed by atoms with Crippen LogP contribution in [0.1, 0.15) is 27.2 Å². The average Bonchev–Trinajstić information content (AvgIpc) is 2.27. The zero-order valence-corrected chi connectivity index (χ0v) is 8.78. The molecule has 2 atom stereocenters. The van der Waals surface area contributed by atoms with E-state index in [2.05, 4.69) is 0 Å². The van der Waals surface area contributed by atoms with Crippen LogP contribution in [0.4, 0.5) is 4.79 Å². The minimum absolute atomic E-state index is 0.0847. The Kier molecular flexibility index (Phi) is 2.74. The lowest BCUT2D eigenvalue weighted by atomic mass is 9.91. The number of hydrogen-bond donors (Lipinski definition) is 2. The summed E-state index contributed by atoms with van der Waals surface area (Å²) in [5.41, 5.74) is -2.26. The third kappa shape index (κ3) is 1.36. The molecule has 0 aromatic carbocycles. The number of ether oxygens (including phenoxy) is 1. The van der Waals surface area contributed by atoms with Crippen molar-refractivity contribution in [3.05, 3.63) is 0 Å². The van der Waals surface area contributed by atoms with Crippen molar-refractivity contribution in [2.24, 2.45) is 0 Å². The van der Waals surface area contributed by atoms with Crippen molar-refractivity contribution in [3.63, 3.8) is 0 Å². The topological polar surface area (TPSA) is 70.0 Å². The van der Waals surface area contributed by atoms with Gasteiger partial charge in [-0.2, -0.15) is 0 Å². The molecule has 82 valence electrons. The van der Waals surface area contributed by atoms with Crippen molar-refractivity contribution in [3.8, 4) is 0 Å². The zero-order chi connectivity index (χ0) is 11.0. The Morgan fingerprint density at radius 2 is 2.07 bits per heavy atom. The van der Waals surface area contributed by atoms with Crippen molar-refractivity contribution in [1.82, 2.24) is 4.90 Å². The number of aliphatic hydroxyl groups excluding tert-OH is 1. The summed E-state index contributed by atoms with van der Waals surface area (Å²) in [6, 6.07) is 0. The molecule has 5 nitrogen and oxygen atoms in total. The molecule has 0 radical (unpaired) electrons. The summed E-state index contributed by atoms with van der Waals surface area (Å²) >= 11 is 0. The highest BCUT2D eigenvalue weighted by Crippen LogP contribution is 2.39. The summed E-state index contributed by atoms with van der Waals surface area (Å²) in [6.07, 6.45) is -0.0541. The van der Waals surface area contributed by atoms with Crippen molar-refractivity contribution in [2.75, 3.05) is 13.2 Å². The molecule has 1 aliphatic heterocycles. The van der Waals surface area contributed by atoms with Gasteiger partial charge in [-0.1, -0.05) is 6.92 Å². The maximum atomic E-state index is 11.4. The van der Waals surface area contributed by atoms with Gasteiger partial charge in [0.1, 0.15) is 0 Å². The van der Waals surface area contributed by atoms with Gasteiger partial charge < -0.3 is 14.9 Å². The lowest BCUT2D eigenvalue weighted by molar-refractivity contribution is -0.138. The van der Waals surface area contributed by atoms with Crippen LogP contribution in [0.3, 0.4) is 0 Å². The Bertz CT molecular complexity index is 241. The smallest absolute Gasteiger partial charge is 0.412 e. The minimum atomic E-state index is -1.36. The third-order valence-corrected chi connectivity index (χ3v) is 3.06. The van der Waals surface area contributed by atoms with Crippen LogP contribution in [0, 0.1) is 0 Å². The van der Waals surface area contributed by atoms with Crippen LogP contribution in [0.5, 0.6) is 0 Å². The first-order valence-corrected chi connectivity index (χ1v) is 4.73. The molecule has 0 saturated carbocycles. The number of rotatable bonds is 3. The Balaban J connectivity index is 2.95. The highest BCUT2D eigenvalue weighted by molar-refractivity contribution is 5.72. The average molecular weight is 203 g/mol. The molecule has 1 rings (SSSR count). The number of carbonyl (C=O) groups excluding carboxylic acids is 1. The third-order valence-electron chi connectivity index (χ3n) is 3.06. The van der Waals surface area contributed by atoms with E-state index in [1.54, 1.807) is 6.92 Å². The van der Waals surface area contributed by atoms with Gasteiger partial charge in [0.2, 0.25) is 0 Å². The van der Waals surface area contributed by atoms with Gasteiger partial charge in [0.05, 0.1) is 13.2 Å². The number of aliphatic hydroxyl groups is 2. The molecule has 1 heterocycles. The maximum absolute atomic E-state index is 11.4. The van der Waals surface area contributed by atoms with Crippen LogP contribution in [0.15, 0.2) is 0 Å². The van der Waals surface area contributed by atoms with Crippen molar-refractivity contribution >= 4 is 6.09 Å². The highest BCUT2D eigenvalue weighted by Gasteiger charge is 2.57. The summed E-state index contributed by atoms with van der Waals surface area (Å²) in [4.78, 5) is 12.5. The van der Waals surface area contributed by atoms with E-state index in [-0.39, 0.29) is 13.2 Å². The normalized spacial score (nSPS) is 37.5. The van der Waals surface area contributed by atoms with Gasteiger partial charge >= 0.3 is 6.09 Å². The molecule has 2 N–H and O–H groups in total. The second-order valence-electron chi connectivity index (χ2n) is 3.85. The molecule has 0 unspecified atom stereocenters. The van der Waals surface area contributed by atoms with Gasteiger partial charge in [0, 0.05) is 0 Å². The Morgan fingerprint density at radius 3 is 2.43 bits per heavy atom. The van der Waals surface area contributed by atoms with Gasteiger partial charge in [0.25, 0.3) is 0 Å². The molecular weight excluding hydrogens is 186 g/mol. The summed E-state index contributed by atoms with van der Waals surface area (Å²) < 4.78 is 5.10. The predicted molar refractivity (Wildman–Crippen MR) is 49.6 cm³/mol. The molecule has 1 aliphatic rings. The van der Waals surface area contributed by atoms with Crippen LogP contribution in [0.25, 0.3) is 0 Å². The van der Waals surface area contributed by atoms with E-state index < -0.39 is 17.4 Å². The fraction of sp³-hybridized carbons (Fsp3) is 0.889. The van der Waals surface area contributed by atoms with Crippen LogP contribution in [0.2, 0.25) is 0 Å². The van der Waals surface area contributed by atoms with Crippen LogP contribution >= 0.6 is 0 Å². The minimum Gasteiger partial charge on any atom is -0.438 e. The monoisotopic (exact) mass is 203 g/mol. The second-order valence-corrected chi connectivity index (χ2v) is 3.85. The molecule has 1 amide bonds. The molecule has 14 heavy (non-hydrogen) atoms. The first-order valence-electron chi connectivity index (χ1n) is 4.73. The summed E-state index contributed by atoms with van der Waals surface area (Å²) in [5, 5.41) is 18.9. The summed E-state index contributed by atoms with van der Waals surface area (Å²) in [5.74, 6) is 0. The Morgan fingerprint density at radius 1 is 1.50 bits per heavy atom. The van der Waals surface area contributed by atoms with Crippen molar-refractivity contribution in [2.45, 2.75) is 38.5 Å². The van der Waals surface area contributed by atoms with E-state index in [1.807, 2.05) is 6.92 Å². The summed E-state index contributed by atoms with van der Waals surface area (Å²) in [6.45, 7) is 4.94. The lowest BCUT2D eigenvalue weighted by Crippen LogP contribution is -2.55. The standard InChI is InChI=1S/C9H17NO4/c1-4-8(2)9(3,13)10(5-6-11)7(12)14-8/h11,13H,4-6H2,1-3H3/t8-,9+/m1/s1. The molecule has 1 fully saturated rings. The fourth-order valence-corrected chi connectivity index (χ4v) is 1.62. The van der Waals surface area contributed by atoms with Gasteiger partial charge in [-0.3, -0.25) is 4.90 Å². The molecule has 5 heteroatoms. The molecule has 1 saturated heterocycles. The molecule has 0 aliphatic carbocycles. The van der Waals surface area contributed by atoms with Crippen LogP contribution in [-0.4, -0.2) is 45.7 Å². The first-order chi connectivity index (χ1) is 6.39. The molecule has 0 bridgehead atoms. The first kappa shape index (κ1) is 11.3. The van der Waals surface area contributed by atoms with E-state index in [0.29, 0.717) is 6.42 Å². The number of β-amino-alcohol motifs (C(OH)–C–C–N with tert-alkyl or cyclic N) is 1. The van der Waals surface area contributed by atoms with E-state index in [1.165, 1.54) is 6.92 Å². The maximum Gasteiger partial charge on any atom is 0.412 e. The predicted octanol–water partition coefficient (Wildman–Crippen LogP) is 0.308. The number of cyclic esters (lactones) is 1. The molecule has 0 aromatic rings. The zero-order valence-electron chi connectivity index (χ0n) is 8.78. The van der Waals surface area contributed by atoms with E-state index in [4.69, 9.17) is 9.84 Å². The van der Waals surface area contributed by atoms with E-state index >= 15 is 0 Å². The number of carbonyl (C=O) groups is 1. The van der Waals surface area contributed by atoms with Crippen LogP contribution < -0.4 is 0 Å². The Labute approximate surface area is 83.3 Å². The molecular formula is C9H17NO4. The number of hydrogen-bond acceptors (Lipinski definition) is 4. The number of amides is 1. The van der Waals surface area contributed by atoms with Crippen LogP contribution in [-0.2, 0) is 4.74 Å². The largest absolute Gasteiger partial charge is 0.438 e. The van der Waals surface area contributed by atoms with Gasteiger partial charge in [-0.05, 0) is 20.3 Å². The van der Waals surface area contributed by atoms with Gasteiger partial charge in [-0.25, -0.2) is 4.79 Å². The lowest BCUT2D eigenvalue weighted by Gasteiger charge is -2.36. The Hall–Kier alpha value is -0.810.